The number of esters is 2. The van der Waals surface area contributed by atoms with Gasteiger partial charge < -0.3 is 9.47 Å². The summed E-state index contributed by atoms with van der Waals surface area (Å²) < 4.78 is 15.8. The molecule has 0 aliphatic carbocycles. The van der Waals surface area contributed by atoms with Crippen LogP contribution in [0.1, 0.15) is 7.77 Å². The molecule has 0 spiro atoms. The molecule has 0 N–H and O–H groups in total. The third kappa shape index (κ3) is 3.98. The molecule has 0 rings (SSSR count). The summed E-state index contributed by atoms with van der Waals surface area (Å²) in [6.45, 7) is 0. The van der Waals surface area contributed by atoms with E-state index in [4.69, 9.17) is 1.37 Å². The lowest BCUT2D eigenvalue weighted by molar-refractivity contribution is -0.146. The van der Waals surface area contributed by atoms with Crippen LogP contribution < -0.4 is 0 Å². The van der Waals surface area contributed by atoms with E-state index in [1.165, 1.54) is 7.11 Å². The van der Waals surface area contributed by atoms with Gasteiger partial charge in [-0.15, -0.1) is 0 Å². The average Bonchev–Trinajstić information content (AvgIpc) is 2.12. The Morgan fingerprint density at radius 1 is 1.55 bits per heavy atom. The fourth-order valence-electron chi connectivity index (χ4n) is 0.368. The molecule has 0 aliphatic heterocycles. The maximum Gasteiger partial charge on any atom is 0.320 e. The van der Waals surface area contributed by atoms with Gasteiger partial charge >= 0.3 is 11.9 Å². The minimum Gasteiger partial charge on any atom is -0.469 e. The van der Waals surface area contributed by atoms with Crippen LogP contribution in [0.15, 0.2) is 0 Å². The number of rotatable bonds is 3. The van der Waals surface area contributed by atoms with Crippen LogP contribution in [0.2, 0.25) is 0 Å². The van der Waals surface area contributed by atoms with Crippen LogP contribution >= 0.6 is 15.9 Å². The van der Waals surface area contributed by atoms with Crippen molar-refractivity contribution in [2.75, 3.05) is 14.2 Å². The number of methoxy groups -OCH3 is 2. The molecular weight excluding hydrogens is 216 g/mol. The SMILES string of the molecule is [2H][C@H](C(=O)OC)[C@@H](Br)C(=O)OC. The topological polar surface area (TPSA) is 52.6 Å². The normalized spacial score (nSPS) is 16.1. The Balaban J connectivity index is 4.18. The number of hydrogen-bond donors (Lipinski definition) is 0. The van der Waals surface area contributed by atoms with E-state index in [-0.39, 0.29) is 0 Å². The Bertz CT molecular complexity index is 164. The number of hydrogen-bond acceptors (Lipinski definition) is 4. The first-order valence-corrected chi connectivity index (χ1v) is 3.68. The zero-order valence-corrected chi connectivity index (χ0v) is 7.75. The molecule has 0 aromatic carbocycles. The summed E-state index contributed by atoms with van der Waals surface area (Å²) in [5, 5.41) is 0. The molecule has 0 bridgehead atoms. The van der Waals surface area contributed by atoms with E-state index in [2.05, 4.69) is 25.4 Å². The van der Waals surface area contributed by atoms with Crippen molar-refractivity contribution in [2.24, 2.45) is 0 Å². The van der Waals surface area contributed by atoms with Crippen molar-refractivity contribution in [3.63, 3.8) is 0 Å². The minimum atomic E-state index is -1.29. The van der Waals surface area contributed by atoms with E-state index < -0.39 is 23.2 Å². The van der Waals surface area contributed by atoms with E-state index in [9.17, 15) is 9.59 Å². The maximum atomic E-state index is 10.8. The molecule has 0 radical (unpaired) electrons. The first kappa shape index (κ1) is 8.52. The van der Waals surface area contributed by atoms with Gasteiger partial charge in [0.2, 0.25) is 0 Å². The van der Waals surface area contributed by atoms with Gasteiger partial charge in [0.05, 0.1) is 20.6 Å². The molecule has 0 amide bonds. The van der Waals surface area contributed by atoms with Crippen LogP contribution in [0.25, 0.3) is 0 Å². The van der Waals surface area contributed by atoms with Crippen LogP contribution in [0.5, 0.6) is 0 Å². The molecular formula is C6H9BrO4. The quantitative estimate of drug-likeness (QED) is 0.519. The number of carbonyl (C=O) groups excluding carboxylic acids is 2. The molecule has 0 aliphatic rings. The lowest BCUT2D eigenvalue weighted by Gasteiger charge is -2.04. The second kappa shape index (κ2) is 5.12. The highest BCUT2D eigenvalue weighted by Crippen LogP contribution is 2.07. The summed E-state index contributed by atoms with van der Waals surface area (Å²) in [5.74, 6) is -1.44. The number of ether oxygens (including phenoxy) is 2. The third-order valence-electron chi connectivity index (χ3n) is 0.910. The van der Waals surface area contributed by atoms with Gasteiger partial charge in [0.15, 0.2) is 0 Å². The van der Waals surface area contributed by atoms with Crippen LogP contribution in [0, 0.1) is 0 Å². The van der Waals surface area contributed by atoms with E-state index in [0.717, 1.165) is 7.11 Å². The summed E-state index contributed by atoms with van der Waals surface area (Å²) in [6, 6.07) is 0. The van der Waals surface area contributed by atoms with Crippen molar-refractivity contribution < 1.29 is 20.4 Å². The summed E-state index contributed by atoms with van der Waals surface area (Å²) >= 11 is 2.85. The van der Waals surface area contributed by atoms with Gasteiger partial charge in [0, 0.05) is 1.37 Å². The number of carbonyl (C=O) groups is 2. The van der Waals surface area contributed by atoms with Crippen molar-refractivity contribution in [3.8, 4) is 0 Å². The van der Waals surface area contributed by atoms with Crippen LogP contribution in [0.3, 0.4) is 0 Å². The van der Waals surface area contributed by atoms with E-state index >= 15 is 0 Å². The van der Waals surface area contributed by atoms with Gasteiger partial charge in [0.25, 0.3) is 0 Å². The zero-order valence-electron chi connectivity index (χ0n) is 7.17. The fourth-order valence-corrected chi connectivity index (χ4v) is 0.771. The van der Waals surface area contributed by atoms with Gasteiger partial charge in [-0.25, -0.2) is 0 Å². The van der Waals surface area contributed by atoms with Crippen molar-refractivity contribution >= 4 is 27.9 Å². The lowest BCUT2D eigenvalue weighted by Crippen LogP contribution is -2.19. The summed E-state index contributed by atoms with van der Waals surface area (Å²) in [6.07, 6.45) is -1.29. The molecule has 0 aromatic heterocycles. The largest absolute Gasteiger partial charge is 0.469 e. The Kier molecular flexibility index (Phi) is 3.96. The molecule has 4 nitrogen and oxygen atoms in total. The van der Waals surface area contributed by atoms with Crippen molar-refractivity contribution in [2.45, 2.75) is 11.2 Å². The first-order valence-electron chi connectivity index (χ1n) is 3.34. The maximum absolute atomic E-state index is 10.8. The van der Waals surface area contributed by atoms with Gasteiger partial charge in [-0.3, -0.25) is 9.59 Å². The molecule has 0 fully saturated rings. The Morgan fingerprint density at radius 2 is 2.09 bits per heavy atom. The van der Waals surface area contributed by atoms with Crippen LogP contribution in [-0.4, -0.2) is 31.0 Å². The molecule has 0 saturated heterocycles. The second-order valence-corrected chi connectivity index (χ2v) is 2.60. The zero-order chi connectivity index (χ0) is 9.72. The fraction of sp³-hybridized carbons (Fsp3) is 0.667. The van der Waals surface area contributed by atoms with E-state index in [1.54, 1.807) is 0 Å². The van der Waals surface area contributed by atoms with Crippen LogP contribution in [-0.2, 0) is 19.1 Å². The highest BCUT2D eigenvalue weighted by molar-refractivity contribution is 9.10. The first-order chi connectivity index (χ1) is 5.54. The van der Waals surface area contributed by atoms with Gasteiger partial charge in [-0.2, -0.15) is 0 Å². The van der Waals surface area contributed by atoms with Crippen molar-refractivity contribution in [3.05, 3.63) is 0 Å². The predicted octanol–water partition coefficient (Wildman–Crippen LogP) is 0.486. The smallest absolute Gasteiger partial charge is 0.320 e. The monoisotopic (exact) mass is 225 g/mol. The minimum absolute atomic E-state index is 0.666. The number of alkyl halides is 1. The molecule has 0 aromatic rings. The van der Waals surface area contributed by atoms with E-state index in [0.29, 0.717) is 0 Å². The highest BCUT2D eigenvalue weighted by atomic mass is 79.9. The van der Waals surface area contributed by atoms with Crippen molar-refractivity contribution in [1.82, 2.24) is 0 Å². The van der Waals surface area contributed by atoms with Crippen LogP contribution in [0.4, 0.5) is 0 Å². The molecule has 5 heteroatoms. The lowest BCUT2D eigenvalue weighted by atomic mass is 10.3. The number of halogens is 1. The predicted molar refractivity (Wildman–Crippen MR) is 41.4 cm³/mol. The summed E-state index contributed by atoms with van der Waals surface area (Å²) in [5.41, 5.74) is 0. The molecule has 11 heavy (non-hydrogen) atoms. The second-order valence-electron chi connectivity index (χ2n) is 1.61. The molecule has 0 heterocycles. The standard InChI is InChI=1S/C6H9BrO4/c1-10-5(8)3-4(7)6(9)11-2/h4H,3H2,1-2H3/t4-/m1/s1/i3D/t3-,4+/m0. The third-order valence-corrected chi connectivity index (χ3v) is 1.55. The highest BCUT2D eigenvalue weighted by Gasteiger charge is 2.19. The summed E-state index contributed by atoms with van der Waals surface area (Å²) in [4.78, 5) is 20.5. The van der Waals surface area contributed by atoms with Gasteiger partial charge in [-0.1, -0.05) is 15.9 Å². The van der Waals surface area contributed by atoms with Gasteiger partial charge in [-0.05, 0) is 0 Å². The Morgan fingerprint density at radius 3 is 2.45 bits per heavy atom. The molecule has 0 saturated carbocycles. The molecule has 64 valence electrons. The molecule has 2 atom stereocenters. The average molecular weight is 226 g/mol. The van der Waals surface area contributed by atoms with E-state index in [1.807, 2.05) is 0 Å². The molecule has 0 unspecified atom stereocenters. The summed E-state index contributed by atoms with van der Waals surface area (Å²) in [7, 11) is 2.33. The Hall–Kier alpha value is -0.580. The Labute approximate surface area is 74.4 Å². The van der Waals surface area contributed by atoms with Crippen molar-refractivity contribution in [1.29, 1.82) is 0 Å². The van der Waals surface area contributed by atoms with Gasteiger partial charge in [0.1, 0.15) is 4.83 Å².